The van der Waals surface area contributed by atoms with Gasteiger partial charge < -0.3 is 24.2 Å². The summed E-state index contributed by atoms with van der Waals surface area (Å²) in [5.74, 6) is 2.51. The highest BCUT2D eigenvalue weighted by Gasteiger charge is 2.34. The van der Waals surface area contributed by atoms with E-state index in [0.717, 1.165) is 30.1 Å². The van der Waals surface area contributed by atoms with Crippen molar-refractivity contribution < 1.29 is 14.6 Å². The van der Waals surface area contributed by atoms with Gasteiger partial charge in [-0.15, -0.1) is 10.2 Å². The van der Waals surface area contributed by atoms with Crippen LogP contribution in [0.1, 0.15) is 30.4 Å². The van der Waals surface area contributed by atoms with Crippen LogP contribution in [0.5, 0.6) is 5.75 Å². The van der Waals surface area contributed by atoms with Crippen LogP contribution in [0.25, 0.3) is 0 Å². The van der Waals surface area contributed by atoms with E-state index in [1.165, 1.54) is 0 Å². The fourth-order valence-corrected chi connectivity index (χ4v) is 3.97. The number of likely N-dealkylation sites (tertiary alicyclic amines) is 1. The number of aromatic nitrogens is 3. The van der Waals surface area contributed by atoms with E-state index in [1.54, 1.807) is 0 Å². The molecule has 144 valence electrons. The first-order valence-electron chi connectivity index (χ1n) is 9.33. The van der Waals surface area contributed by atoms with Gasteiger partial charge in [0.25, 0.3) is 5.91 Å². The lowest BCUT2D eigenvalue weighted by Crippen LogP contribution is -2.51. The van der Waals surface area contributed by atoms with Gasteiger partial charge >= 0.3 is 0 Å². The molecule has 1 aromatic heterocycles. The van der Waals surface area contributed by atoms with Crippen molar-refractivity contribution in [2.45, 2.75) is 31.5 Å². The summed E-state index contributed by atoms with van der Waals surface area (Å²) in [6, 6.07) is 7.81. The van der Waals surface area contributed by atoms with Gasteiger partial charge in [0.2, 0.25) is 0 Å². The number of rotatable bonds is 3. The molecule has 3 heterocycles. The molecule has 1 fully saturated rings. The molecule has 8 heteroatoms. The Morgan fingerprint density at radius 2 is 1.96 bits per heavy atom. The third-order valence-electron chi connectivity index (χ3n) is 5.57. The van der Waals surface area contributed by atoms with Gasteiger partial charge in [-0.2, -0.15) is 0 Å². The largest absolute Gasteiger partial charge is 0.477 e. The summed E-state index contributed by atoms with van der Waals surface area (Å²) >= 11 is 0. The Morgan fingerprint density at radius 3 is 2.67 bits per heavy atom. The van der Waals surface area contributed by atoms with Gasteiger partial charge in [-0.3, -0.25) is 4.79 Å². The third-order valence-corrected chi connectivity index (χ3v) is 5.57. The Kier molecular flexibility index (Phi) is 4.73. The molecule has 0 aliphatic carbocycles. The smallest absolute Gasteiger partial charge is 0.265 e. The van der Waals surface area contributed by atoms with Crippen LogP contribution >= 0.6 is 0 Å². The number of aliphatic hydroxyl groups is 1. The summed E-state index contributed by atoms with van der Waals surface area (Å²) in [4.78, 5) is 16.9. The zero-order chi connectivity index (χ0) is 19.0. The number of carbonyl (C=O) groups is 1. The lowest BCUT2D eigenvalue weighted by atomic mass is 9.95. The predicted molar refractivity (Wildman–Crippen MR) is 99.6 cm³/mol. The van der Waals surface area contributed by atoms with Crippen LogP contribution in [0, 0.1) is 0 Å². The van der Waals surface area contributed by atoms with E-state index in [4.69, 9.17) is 4.74 Å². The van der Waals surface area contributed by atoms with Gasteiger partial charge in [0.15, 0.2) is 11.9 Å². The zero-order valence-corrected chi connectivity index (χ0v) is 15.7. The Labute approximate surface area is 158 Å². The fourth-order valence-electron chi connectivity index (χ4n) is 3.97. The van der Waals surface area contributed by atoms with E-state index in [1.807, 2.05) is 47.8 Å². The number of benzene rings is 1. The predicted octanol–water partition coefficient (Wildman–Crippen LogP) is 0.911. The summed E-state index contributed by atoms with van der Waals surface area (Å²) in [5, 5.41) is 17.5. The van der Waals surface area contributed by atoms with Gasteiger partial charge in [-0.05, 0) is 25.0 Å². The average Bonchev–Trinajstić information content (AvgIpc) is 3.08. The Morgan fingerprint density at radius 1 is 1.22 bits per heavy atom. The molecule has 0 saturated carbocycles. The van der Waals surface area contributed by atoms with Crippen LogP contribution in [-0.4, -0.2) is 63.5 Å². The standard InChI is InChI=1S/C19H25N5O3/c1-22-11-16(27-15-6-4-3-5-14(15)22)19(26)24-9-7-13(8-10-24)18-21-20-17(12-25)23(18)2/h3-6,13,16,25H,7-12H2,1-2H3/t16-/m1/s1. The van der Waals surface area contributed by atoms with Gasteiger partial charge in [-0.25, -0.2) is 0 Å². The molecule has 0 spiro atoms. The SMILES string of the molecule is CN1C[C@H](C(=O)N2CCC(c3nnc(CO)n3C)CC2)Oc2ccccc21. The van der Waals surface area contributed by atoms with Crippen molar-refractivity contribution in [1.29, 1.82) is 0 Å². The maximum Gasteiger partial charge on any atom is 0.265 e. The third kappa shape index (κ3) is 3.25. The van der Waals surface area contributed by atoms with Gasteiger partial charge in [0.1, 0.15) is 18.2 Å². The molecular weight excluding hydrogens is 346 g/mol. The number of ether oxygens (including phenoxy) is 1. The first-order chi connectivity index (χ1) is 13.1. The molecule has 8 nitrogen and oxygen atoms in total. The van der Waals surface area contributed by atoms with Crippen molar-refractivity contribution in [2.24, 2.45) is 7.05 Å². The first-order valence-corrected chi connectivity index (χ1v) is 9.33. The number of amides is 1. The average molecular weight is 371 g/mol. The second-order valence-electron chi connectivity index (χ2n) is 7.25. The highest BCUT2D eigenvalue weighted by molar-refractivity contribution is 5.83. The number of fused-ring (bicyclic) bond motifs is 1. The molecule has 0 radical (unpaired) electrons. The summed E-state index contributed by atoms with van der Waals surface area (Å²) < 4.78 is 7.84. The summed E-state index contributed by atoms with van der Waals surface area (Å²) in [7, 11) is 3.86. The van der Waals surface area contributed by atoms with Crippen LogP contribution in [0.15, 0.2) is 24.3 Å². The van der Waals surface area contributed by atoms with Crippen molar-refractivity contribution in [3.63, 3.8) is 0 Å². The molecule has 1 amide bonds. The van der Waals surface area contributed by atoms with E-state index in [0.29, 0.717) is 25.5 Å². The number of carbonyl (C=O) groups excluding carboxylic acids is 1. The number of nitrogens with zero attached hydrogens (tertiary/aromatic N) is 5. The maximum atomic E-state index is 13.0. The molecule has 1 atom stereocenters. The number of para-hydroxylation sites is 2. The molecule has 4 rings (SSSR count). The molecule has 27 heavy (non-hydrogen) atoms. The number of hydrogen-bond donors (Lipinski definition) is 1. The van der Waals surface area contributed by atoms with Crippen LogP contribution in [0.4, 0.5) is 5.69 Å². The molecule has 2 aliphatic rings. The van der Waals surface area contributed by atoms with Crippen molar-refractivity contribution >= 4 is 11.6 Å². The zero-order valence-electron chi connectivity index (χ0n) is 15.7. The Balaban J connectivity index is 1.40. The second kappa shape index (κ2) is 7.19. The molecular formula is C19H25N5O3. The molecule has 2 aromatic rings. The van der Waals surface area contributed by atoms with Crippen LogP contribution in [-0.2, 0) is 18.4 Å². The van der Waals surface area contributed by atoms with Crippen molar-refractivity contribution in [2.75, 3.05) is 31.6 Å². The molecule has 1 aromatic carbocycles. The second-order valence-corrected chi connectivity index (χ2v) is 7.25. The lowest BCUT2D eigenvalue weighted by molar-refractivity contribution is -0.139. The highest BCUT2D eigenvalue weighted by atomic mass is 16.5. The molecule has 2 aliphatic heterocycles. The Bertz CT molecular complexity index is 829. The minimum atomic E-state index is -0.475. The first kappa shape index (κ1) is 17.8. The van der Waals surface area contributed by atoms with Crippen molar-refractivity contribution in [3.8, 4) is 5.75 Å². The minimum absolute atomic E-state index is 0.0452. The number of anilines is 1. The number of likely N-dealkylation sites (N-methyl/N-ethyl adjacent to an activating group) is 1. The van der Waals surface area contributed by atoms with Gasteiger partial charge in [0.05, 0.1) is 12.2 Å². The quantitative estimate of drug-likeness (QED) is 0.864. The Hall–Kier alpha value is -2.61. The minimum Gasteiger partial charge on any atom is -0.477 e. The van der Waals surface area contributed by atoms with Crippen LogP contribution < -0.4 is 9.64 Å². The summed E-state index contributed by atoms with van der Waals surface area (Å²) in [5.41, 5.74) is 1.02. The van der Waals surface area contributed by atoms with Gasteiger partial charge in [-0.1, -0.05) is 12.1 Å². The van der Waals surface area contributed by atoms with E-state index >= 15 is 0 Å². The topological polar surface area (TPSA) is 83.7 Å². The van der Waals surface area contributed by atoms with E-state index in [2.05, 4.69) is 15.1 Å². The summed E-state index contributed by atoms with van der Waals surface area (Å²) in [6.07, 6.45) is 1.20. The van der Waals surface area contributed by atoms with E-state index in [-0.39, 0.29) is 18.4 Å². The van der Waals surface area contributed by atoms with Gasteiger partial charge in [0, 0.05) is 33.1 Å². The maximum absolute atomic E-state index is 13.0. The van der Waals surface area contributed by atoms with Crippen LogP contribution in [0.2, 0.25) is 0 Å². The van der Waals surface area contributed by atoms with Crippen LogP contribution in [0.3, 0.4) is 0 Å². The van der Waals surface area contributed by atoms with Crippen molar-refractivity contribution in [3.05, 3.63) is 35.9 Å². The van der Waals surface area contributed by atoms with Crippen molar-refractivity contribution in [1.82, 2.24) is 19.7 Å². The number of hydrogen-bond acceptors (Lipinski definition) is 6. The number of piperidine rings is 1. The molecule has 1 saturated heterocycles. The fraction of sp³-hybridized carbons (Fsp3) is 0.526. The normalized spacial score (nSPS) is 20.3. The monoisotopic (exact) mass is 371 g/mol. The highest BCUT2D eigenvalue weighted by Crippen LogP contribution is 2.33. The molecule has 0 unspecified atom stereocenters. The summed E-state index contributed by atoms with van der Waals surface area (Å²) in [6.45, 7) is 1.79. The molecule has 0 bridgehead atoms. The number of aliphatic hydroxyl groups excluding tert-OH is 1. The molecule has 1 N–H and O–H groups in total. The lowest BCUT2D eigenvalue weighted by Gasteiger charge is -2.37. The van der Waals surface area contributed by atoms with E-state index in [9.17, 15) is 9.90 Å². The van der Waals surface area contributed by atoms with E-state index < -0.39 is 6.10 Å².